The second-order valence-electron chi connectivity index (χ2n) is 9.04. The predicted octanol–water partition coefficient (Wildman–Crippen LogP) is 2.97. The van der Waals surface area contributed by atoms with Gasteiger partial charge in [-0.3, -0.25) is 4.79 Å². The van der Waals surface area contributed by atoms with Gasteiger partial charge in [-0.2, -0.15) is 13.7 Å². The Kier molecular flexibility index (Phi) is 8.55. The molecule has 11 heteroatoms. The minimum absolute atomic E-state index is 0.0495. The van der Waals surface area contributed by atoms with Crippen LogP contribution in [0.5, 0.6) is 0 Å². The molecule has 1 heterocycles. The third kappa shape index (κ3) is 6.03. The Morgan fingerprint density at radius 1 is 0.750 bits per heavy atom. The van der Waals surface area contributed by atoms with Crippen molar-refractivity contribution in [2.24, 2.45) is 5.10 Å². The molecule has 0 bridgehead atoms. The molecule has 2 aromatic carbocycles. The normalized spacial score (nSPS) is 20.8. The molecule has 0 unspecified atom stereocenters. The lowest BCUT2D eigenvalue weighted by Gasteiger charge is -2.38. The van der Waals surface area contributed by atoms with Gasteiger partial charge in [0.05, 0.1) is 9.79 Å². The van der Waals surface area contributed by atoms with Crippen LogP contribution in [0.25, 0.3) is 0 Å². The van der Waals surface area contributed by atoms with Crippen LogP contribution in [0, 0.1) is 0 Å². The van der Waals surface area contributed by atoms with Gasteiger partial charge in [-0.25, -0.2) is 22.3 Å². The first-order valence-electron chi connectivity index (χ1n) is 12.3. The number of hydrogen-bond acceptors (Lipinski definition) is 6. The maximum Gasteiger partial charge on any atom is 0.259 e. The van der Waals surface area contributed by atoms with Crippen molar-refractivity contribution in [3.8, 4) is 0 Å². The number of rotatable bonds is 6. The van der Waals surface area contributed by atoms with Crippen LogP contribution in [0.15, 0.2) is 75.6 Å². The van der Waals surface area contributed by atoms with Crippen LogP contribution in [-0.2, 0) is 24.8 Å². The van der Waals surface area contributed by atoms with Crippen molar-refractivity contribution >= 4 is 31.7 Å². The standard InChI is InChI=1S/C25H32N4O5S2/c30-25(27-26-21-12-6-2-1-3-7-13-21)24-20-28(35(31,32)22-14-8-4-9-15-22)18-19-29(24)36(33,34)23-16-10-5-11-17-23/h4-5,8-11,14-17,24H,1-3,6-7,12-13,18-20H2,(H,27,30)/t24-/m1/s1. The molecule has 2 fully saturated rings. The van der Waals surface area contributed by atoms with Gasteiger partial charge >= 0.3 is 0 Å². The Balaban J connectivity index is 1.61. The van der Waals surface area contributed by atoms with Crippen molar-refractivity contribution in [1.29, 1.82) is 0 Å². The lowest BCUT2D eigenvalue weighted by atomic mass is 9.99. The highest BCUT2D eigenvalue weighted by atomic mass is 32.2. The van der Waals surface area contributed by atoms with Gasteiger partial charge in [-0.15, -0.1) is 0 Å². The molecule has 1 aliphatic carbocycles. The van der Waals surface area contributed by atoms with Gasteiger partial charge in [0.1, 0.15) is 6.04 Å². The number of benzene rings is 2. The van der Waals surface area contributed by atoms with Gasteiger partial charge in [0, 0.05) is 25.3 Å². The van der Waals surface area contributed by atoms with Crippen LogP contribution in [0.4, 0.5) is 0 Å². The quantitative estimate of drug-likeness (QED) is 0.574. The number of hydrogen-bond donors (Lipinski definition) is 1. The maximum absolute atomic E-state index is 13.5. The molecule has 0 spiro atoms. The molecule has 36 heavy (non-hydrogen) atoms. The minimum atomic E-state index is -4.04. The topological polar surface area (TPSA) is 116 Å². The summed E-state index contributed by atoms with van der Waals surface area (Å²) in [6, 6.07) is 14.5. The molecule has 1 saturated carbocycles. The average molecular weight is 533 g/mol. The van der Waals surface area contributed by atoms with Crippen molar-refractivity contribution < 1.29 is 21.6 Å². The van der Waals surface area contributed by atoms with Gasteiger partial charge in [-0.05, 0) is 49.9 Å². The number of sulfonamides is 2. The Morgan fingerprint density at radius 3 is 1.86 bits per heavy atom. The molecule has 2 aliphatic rings. The molecular weight excluding hydrogens is 500 g/mol. The van der Waals surface area contributed by atoms with Crippen molar-refractivity contribution in [2.75, 3.05) is 19.6 Å². The zero-order valence-electron chi connectivity index (χ0n) is 20.1. The molecule has 1 amide bonds. The van der Waals surface area contributed by atoms with E-state index in [0.717, 1.165) is 48.5 Å². The van der Waals surface area contributed by atoms with Crippen LogP contribution in [-0.4, -0.2) is 62.7 Å². The van der Waals surface area contributed by atoms with Gasteiger partial charge in [0.2, 0.25) is 20.0 Å². The summed E-state index contributed by atoms with van der Waals surface area (Å²) in [5, 5.41) is 4.32. The summed E-state index contributed by atoms with van der Waals surface area (Å²) >= 11 is 0. The SMILES string of the molecule is O=C(NN=C1CCCCCCC1)[C@H]1CN(S(=O)(=O)c2ccccc2)CCN1S(=O)(=O)c1ccccc1. The Bertz CT molecular complexity index is 1270. The maximum atomic E-state index is 13.5. The zero-order chi connectivity index (χ0) is 25.6. The molecule has 1 N–H and O–H groups in total. The Morgan fingerprint density at radius 2 is 1.28 bits per heavy atom. The van der Waals surface area contributed by atoms with Crippen LogP contribution in [0.2, 0.25) is 0 Å². The third-order valence-electron chi connectivity index (χ3n) is 6.58. The molecular formula is C25H32N4O5S2. The van der Waals surface area contributed by atoms with Gasteiger partial charge in [0.25, 0.3) is 5.91 Å². The molecule has 1 atom stereocenters. The first-order valence-corrected chi connectivity index (χ1v) is 15.2. The number of hydrazone groups is 1. The molecule has 1 saturated heterocycles. The number of amides is 1. The van der Waals surface area contributed by atoms with Crippen LogP contribution >= 0.6 is 0 Å². The van der Waals surface area contributed by atoms with Crippen LogP contribution in [0.1, 0.15) is 44.9 Å². The van der Waals surface area contributed by atoms with Crippen molar-refractivity contribution in [3.63, 3.8) is 0 Å². The number of carbonyl (C=O) groups is 1. The van der Waals surface area contributed by atoms with Gasteiger partial charge in [0.15, 0.2) is 0 Å². The fraction of sp³-hybridized carbons (Fsp3) is 0.440. The van der Waals surface area contributed by atoms with Gasteiger partial charge < -0.3 is 0 Å². The zero-order valence-corrected chi connectivity index (χ0v) is 21.8. The van der Waals surface area contributed by atoms with Crippen molar-refractivity contribution in [3.05, 3.63) is 60.7 Å². The number of piperazine rings is 1. The molecule has 2 aromatic rings. The van der Waals surface area contributed by atoms with E-state index in [4.69, 9.17) is 0 Å². The van der Waals surface area contributed by atoms with E-state index in [9.17, 15) is 21.6 Å². The highest BCUT2D eigenvalue weighted by Gasteiger charge is 2.43. The van der Waals surface area contributed by atoms with E-state index in [0.29, 0.717) is 0 Å². The monoisotopic (exact) mass is 532 g/mol. The fourth-order valence-corrected chi connectivity index (χ4v) is 7.61. The fourth-order valence-electron chi connectivity index (χ4n) is 4.56. The van der Waals surface area contributed by atoms with Crippen molar-refractivity contribution in [1.82, 2.24) is 14.0 Å². The van der Waals surface area contributed by atoms with Crippen molar-refractivity contribution in [2.45, 2.75) is 60.8 Å². The lowest BCUT2D eigenvalue weighted by molar-refractivity contribution is -0.125. The lowest BCUT2D eigenvalue weighted by Crippen LogP contribution is -2.60. The van der Waals surface area contributed by atoms with Crippen LogP contribution in [0.3, 0.4) is 0 Å². The molecule has 0 aromatic heterocycles. The van der Waals surface area contributed by atoms with E-state index in [1.54, 1.807) is 36.4 Å². The predicted molar refractivity (Wildman–Crippen MR) is 137 cm³/mol. The van der Waals surface area contributed by atoms with E-state index in [1.807, 2.05) is 0 Å². The smallest absolute Gasteiger partial charge is 0.259 e. The summed E-state index contributed by atoms with van der Waals surface area (Å²) in [6.45, 7) is -0.528. The summed E-state index contributed by atoms with van der Waals surface area (Å²) in [6.07, 6.45) is 6.98. The second kappa shape index (κ2) is 11.6. The summed E-state index contributed by atoms with van der Waals surface area (Å²) in [4.78, 5) is 13.5. The summed E-state index contributed by atoms with van der Waals surface area (Å²) in [7, 11) is -7.95. The van der Waals surface area contributed by atoms with E-state index in [2.05, 4.69) is 10.5 Å². The summed E-state index contributed by atoms with van der Waals surface area (Å²) in [5.74, 6) is -0.642. The highest BCUT2D eigenvalue weighted by molar-refractivity contribution is 7.89. The number of nitrogens with zero attached hydrogens (tertiary/aromatic N) is 3. The van der Waals surface area contributed by atoms with Crippen LogP contribution < -0.4 is 5.43 Å². The molecule has 1 aliphatic heterocycles. The minimum Gasteiger partial charge on any atom is -0.271 e. The molecule has 4 rings (SSSR count). The second-order valence-corrected chi connectivity index (χ2v) is 12.9. The van der Waals surface area contributed by atoms with E-state index < -0.39 is 32.0 Å². The Hall–Kier alpha value is -2.60. The first-order chi connectivity index (χ1) is 17.3. The molecule has 194 valence electrons. The average Bonchev–Trinajstić information content (AvgIpc) is 2.88. The number of carbonyl (C=O) groups excluding carboxylic acids is 1. The van der Waals surface area contributed by atoms with E-state index >= 15 is 0 Å². The summed E-state index contributed by atoms with van der Waals surface area (Å²) < 4.78 is 55.7. The first kappa shape index (κ1) is 26.5. The molecule has 0 radical (unpaired) electrons. The number of nitrogens with one attached hydrogen (secondary N) is 1. The molecule has 9 nitrogen and oxygen atoms in total. The summed E-state index contributed by atoms with van der Waals surface area (Å²) in [5.41, 5.74) is 3.44. The third-order valence-corrected chi connectivity index (χ3v) is 10.4. The Labute approximate surface area is 213 Å². The van der Waals surface area contributed by atoms with E-state index in [-0.39, 0.29) is 29.4 Å². The van der Waals surface area contributed by atoms with E-state index in [1.165, 1.54) is 35.0 Å². The van der Waals surface area contributed by atoms with Gasteiger partial charge in [-0.1, -0.05) is 55.7 Å². The highest BCUT2D eigenvalue weighted by Crippen LogP contribution is 2.25. The largest absolute Gasteiger partial charge is 0.271 e.